The number of anilines is 1. The van der Waals surface area contributed by atoms with Gasteiger partial charge in [0.1, 0.15) is 5.01 Å². The molecule has 1 unspecified atom stereocenters. The number of amides is 1. The number of hydrogen-bond acceptors (Lipinski definition) is 5. The Morgan fingerprint density at radius 2 is 2.10 bits per heavy atom. The molecular formula is C21H18Cl2N2O3S. The van der Waals surface area contributed by atoms with Crippen LogP contribution in [0.25, 0.3) is 10.2 Å². The molecule has 1 aromatic heterocycles. The van der Waals surface area contributed by atoms with Gasteiger partial charge in [-0.15, -0.1) is 11.3 Å². The molecule has 4 rings (SSSR count). The molecule has 5 nitrogen and oxygen atoms in total. The van der Waals surface area contributed by atoms with Gasteiger partial charge in [-0.1, -0.05) is 41.4 Å². The normalized spacial score (nSPS) is 16.2. The molecule has 0 saturated carbocycles. The fourth-order valence-corrected chi connectivity index (χ4v) is 5.13. The highest BCUT2D eigenvalue weighted by molar-refractivity contribution is 7.19. The lowest BCUT2D eigenvalue weighted by molar-refractivity contribution is -0.146. The van der Waals surface area contributed by atoms with Crippen molar-refractivity contribution in [3.63, 3.8) is 0 Å². The van der Waals surface area contributed by atoms with E-state index in [1.165, 1.54) is 11.3 Å². The van der Waals surface area contributed by atoms with Gasteiger partial charge in [0.05, 0.1) is 40.7 Å². The fourth-order valence-electron chi connectivity index (χ4n) is 3.59. The van der Waals surface area contributed by atoms with E-state index in [-0.39, 0.29) is 18.3 Å². The minimum absolute atomic E-state index is 0.0682. The number of nitrogens with zero attached hydrogens (tertiary/aromatic N) is 2. The quantitative estimate of drug-likeness (QED) is 0.499. The first-order valence-electron chi connectivity index (χ1n) is 9.25. The molecule has 0 N–H and O–H groups in total. The number of carbonyl (C=O) groups excluding carboxylic acids is 2. The SMILES string of the molecule is CCOC(=O)CC1Cc2ccccc2N(Cc2nc3cc(Cl)cc(Cl)c3s2)C1=O. The smallest absolute Gasteiger partial charge is 0.306 e. The van der Waals surface area contributed by atoms with Crippen LogP contribution < -0.4 is 4.90 Å². The monoisotopic (exact) mass is 448 g/mol. The zero-order chi connectivity index (χ0) is 20.5. The average molecular weight is 449 g/mol. The van der Waals surface area contributed by atoms with Gasteiger partial charge in [-0.3, -0.25) is 9.59 Å². The second kappa shape index (κ2) is 8.30. The maximum absolute atomic E-state index is 13.2. The Morgan fingerprint density at radius 1 is 1.31 bits per heavy atom. The fraction of sp³-hybridized carbons (Fsp3) is 0.286. The van der Waals surface area contributed by atoms with Crippen LogP contribution in [0.5, 0.6) is 0 Å². The third kappa shape index (κ3) is 4.10. The van der Waals surface area contributed by atoms with Crippen molar-refractivity contribution in [3.8, 4) is 0 Å². The molecule has 8 heteroatoms. The summed E-state index contributed by atoms with van der Waals surface area (Å²) in [4.78, 5) is 31.5. The largest absolute Gasteiger partial charge is 0.466 e. The minimum Gasteiger partial charge on any atom is -0.466 e. The van der Waals surface area contributed by atoms with Crippen LogP contribution >= 0.6 is 34.5 Å². The summed E-state index contributed by atoms with van der Waals surface area (Å²) in [6.07, 6.45) is 0.588. The molecule has 3 aromatic rings. The summed E-state index contributed by atoms with van der Waals surface area (Å²) >= 11 is 13.8. The highest BCUT2D eigenvalue weighted by Gasteiger charge is 2.34. The number of benzene rings is 2. The molecule has 0 saturated heterocycles. The van der Waals surface area contributed by atoms with E-state index in [9.17, 15) is 9.59 Å². The summed E-state index contributed by atoms with van der Waals surface area (Å²) in [5.74, 6) is -0.900. The summed E-state index contributed by atoms with van der Waals surface area (Å²) in [5, 5.41) is 1.82. The first kappa shape index (κ1) is 20.1. The van der Waals surface area contributed by atoms with Gasteiger partial charge < -0.3 is 9.64 Å². The Morgan fingerprint density at radius 3 is 2.90 bits per heavy atom. The number of halogens is 2. The second-order valence-corrected chi connectivity index (χ2v) is 8.73. The van der Waals surface area contributed by atoms with Gasteiger partial charge in [-0.05, 0) is 37.1 Å². The van der Waals surface area contributed by atoms with E-state index in [4.69, 9.17) is 27.9 Å². The van der Waals surface area contributed by atoms with Crippen LogP contribution in [0.1, 0.15) is 23.9 Å². The van der Waals surface area contributed by atoms with Crippen LogP contribution in [0.2, 0.25) is 10.0 Å². The van der Waals surface area contributed by atoms with Gasteiger partial charge in [0.15, 0.2) is 0 Å². The summed E-state index contributed by atoms with van der Waals surface area (Å²) < 4.78 is 5.89. The molecule has 1 aliphatic rings. The van der Waals surface area contributed by atoms with Crippen molar-refractivity contribution in [3.05, 3.63) is 57.0 Å². The maximum atomic E-state index is 13.2. The predicted octanol–water partition coefficient (Wildman–Crippen LogP) is 5.26. The summed E-state index contributed by atoms with van der Waals surface area (Å²) in [6, 6.07) is 11.2. The highest BCUT2D eigenvalue weighted by atomic mass is 35.5. The number of esters is 1. The molecule has 0 fully saturated rings. The van der Waals surface area contributed by atoms with Gasteiger partial charge in [-0.25, -0.2) is 4.98 Å². The molecule has 150 valence electrons. The molecular weight excluding hydrogens is 431 g/mol. The Kier molecular flexibility index (Phi) is 5.76. The van der Waals surface area contributed by atoms with Crippen molar-refractivity contribution in [1.29, 1.82) is 0 Å². The number of thiazole rings is 1. The zero-order valence-electron chi connectivity index (χ0n) is 15.7. The number of ether oxygens (including phenoxy) is 1. The molecule has 2 heterocycles. The van der Waals surface area contributed by atoms with Crippen LogP contribution in [0.3, 0.4) is 0 Å². The van der Waals surface area contributed by atoms with E-state index >= 15 is 0 Å². The predicted molar refractivity (Wildman–Crippen MR) is 116 cm³/mol. The average Bonchev–Trinajstić information content (AvgIpc) is 3.08. The molecule has 29 heavy (non-hydrogen) atoms. The topological polar surface area (TPSA) is 59.5 Å². The number of para-hydroxylation sites is 1. The Bertz CT molecular complexity index is 1100. The highest BCUT2D eigenvalue weighted by Crippen LogP contribution is 2.36. The number of hydrogen-bond donors (Lipinski definition) is 0. The second-order valence-electron chi connectivity index (χ2n) is 6.81. The summed E-state index contributed by atoms with van der Waals surface area (Å²) in [7, 11) is 0. The molecule has 1 amide bonds. The lowest BCUT2D eigenvalue weighted by atomic mass is 9.89. The molecule has 1 atom stereocenters. The van der Waals surface area contributed by atoms with Crippen LogP contribution in [0.4, 0.5) is 5.69 Å². The molecule has 0 radical (unpaired) electrons. The van der Waals surface area contributed by atoms with E-state index < -0.39 is 5.92 Å². The Labute approximate surface area is 182 Å². The molecule has 0 spiro atoms. The summed E-state index contributed by atoms with van der Waals surface area (Å²) in [6.45, 7) is 2.37. The third-order valence-corrected chi connectivity index (χ3v) is 6.55. The van der Waals surface area contributed by atoms with Crippen LogP contribution in [-0.4, -0.2) is 23.5 Å². The number of rotatable bonds is 5. The maximum Gasteiger partial charge on any atom is 0.306 e. The van der Waals surface area contributed by atoms with Gasteiger partial charge in [0, 0.05) is 10.7 Å². The van der Waals surface area contributed by atoms with Gasteiger partial charge in [-0.2, -0.15) is 0 Å². The van der Waals surface area contributed by atoms with Crippen molar-refractivity contribution in [1.82, 2.24) is 4.98 Å². The zero-order valence-corrected chi connectivity index (χ0v) is 18.0. The van der Waals surface area contributed by atoms with Gasteiger partial charge in [0.25, 0.3) is 0 Å². The van der Waals surface area contributed by atoms with E-state index in [1.54, 1.807) is 24.0 Å². The minimum atomic E-state index is -0.448. The standard InChI is InChI=1S/C21H18Cl2N2O3S/c1-2-28-19(26)8-13-7-12-5-3-4-6-17(12)25(21(13)27)11-18-24-16-10-14(22)9-15(23)20(16)29-18/h3-6,9-10,13H,2,7-8,11H2,1H3. The lowest BCUT2D eigenvalue weighted by Gasteiger charge is -2.33. The first-order chi connectivity index (χ1) is 14.0. The summed E-state index contributed by atoms with van der Waals surface area (Å²) in [5.41, 5.74) is 2.59. The molecule has 2 aromatic carbocycles. The van der Waals surface area contributed by atoms with E-state index in [2.05, 4.69) is 4.98 Å². The molecule has 0 aliphatic carbocycles. The van der Waals surface area contributed by atoms with Crippen LogP contribution in [0.15, 0.2) is 36.4 Å². The number of aromatic nitrogens is 1. The number of fused-ring (bicyclic) bond motifs is 2. The van der Waals surface area contributed by atoms with Crippen LogP contribution in [0, 0.1) is 5.92 Å². The van der Waals surface area contributed by atoms with Gasteiger partial charge >= 0.3 is 5.97 Å². The Hall–Kier alpha value is -2.15. The van der Waals surface area contributed by atoms with Gasteiger partial charge in [0.2, 0.25) is 5.91 Å². The van der Waals surface area contributed by atoms with Crippen molar-refractivity contribution in [2.45, 2.75) is 26.3 Å². The molecule has 0 bridgehead atoms. The van der Waals surface area contributed by atoms with Crippen molar-refractivity contribution in [2.24, 2.45) is 5.92 Å². The van der Waals surface area contributed by atoms with E-state index in [1.807, 2.05) is 24.3 Å². The lowest BCUT2D eigenvalue weighted by Crippen LogP contribution is -2.41. The van der Waals surface area contributed by atoms with Crippen molar-refractivity contribution in [2.75, 3.05) is 11.5 Å². The molecule has 1 aliphatic heterocycles. The van der Waals surface area contributed by atoms with Crippen LogP contribution in [-0.2, 0) is 27.3 Å². The van der Waals surface area contributed by atoms with E-state index in [0.717, 1.165) is 21.0 Å². The third-order valence-electron chi connectivity index (χ3n) is 4.83. The Balaban J connectivity index is 1.66. The van der Waals surface area contributed by atoms with Crippen molar-refractivity contribution < 1.29 is 14.3 Å². The first-order valence-corrected chi connectivity index (χ1v) is 10.8. The van der Waals surface area contributed by atoms with E-state index in [0.29, 0.717) is 35.1 Å². The number of carbonyl (C=O) groups is 2. The van der Waals surface area contributed by atoms with Crippen molar-refractivity contribution >= 4 is 62.3 Å².